The van der Waals surface area contributed by atoms with Crippen molar-refractivity contribution in [2.24, 2.45) is 5.73 Å². The van der Waals surface area contributed by atoms with Gasteiger partial charge in [-0.15, -0.1) is 0 Å². The SMILES string of the molecule is CCCCC/C=C\C=C\C(=O)CCCCCCCC(=O)OC[C@H](COP(=O)(O)OCCN)OC(=O)CCCCCCCCc1oc(CCC)c(C)c1C. The highest BCUT2D eigenvalue weighted by molar-refractivity contribution is 7.47. The minimum atomic E-state index is -4.42. The summed E-state index contributed by atoms with van der Waals surface area (Å²) in [5.41, 5.74) is 7.88. The Morgan fingerprint density at radius 3 is 1.98 bits per heavy atom. The van der Waals surface area contributed by atoms with Crippen molar-refractivity contribution in [3.63, 3.8) is 0 Å². The van der Waals surface area contributed by atoms with E-state index in [9.17, 15) is 23.8 Å². The molecule has 0 bridgehead atoms. The molecule has 0 aliphatic carbocycles. The maximum absolute atomic E-state index is 12.6. The molecule has 0 aliphatic rings. The van der Waals surface area contributed by atoms with Gasteiger partial charge in [0.05, 0.1) is 13.2 Å². The summed E-state index contributed by atoms with van der Waals surface area (Å²) in [6.07, 6.45) is 24.6. The van der Waals surface area contributed by atoms with E-state index in [1.165, 1.54) is 30.4 Å². The van der Waals surface area contributed by atoms with Crippen LogP contribution in [0.3, 0.4) is 0 Å². The van der Waals surface area contributed by atoms with E-state index in [0.717, 1.165) is 95.0 Å². The Morgan fingerprint density at radius 1 is 0.736 bits per heavy atom. The first-order valence-corrected chi connectivity index (χ1v) is 21.6. The van der Waals surface area contributed by atoms with Crippen LogP contribution in [0, 0.1) is 13.8 Å². The Labute approximate surface area is 319 Å². The summed E-state index contributed by atoms with van der Waals surface area (Å²) >= 11 is 0. The van der Waals surface area contributed by atoms with Crippen LogP contribution in [-0.4, -0.2) is 55.1 Å². The number of phosphoric ester groups is 1. The molecular weight excluding hydrogens is 697 g/mol. The van der Waals surface area contributed by atoms with Crippen molar-refractivity contribution in [2.75, 3.05) is 26.4 Å². The highest BCUT2D eigenvalue weighted by Gasteiger charge is 2.26. The second-order valence-corrected chi connectivity index (χ2v) is 15.2. The molecule has 2 atom stereocenters. The number of carbonyl (C=O) groups is 3. The molecule has 1 heterocycles. The highest BCUT2D eigenvalue weighted by atomic mass is 31.2. The van der Waals surface area contributed by atoms with Crippen LogP contribution in [0.1, 0.15) is 158 Å². The molecule has 3 N–H and O–H groups in total. The molecule has 0 aromatic carbocycles. The van der Waals surface area contributed by atoms with Crippen LogP contribution in [0.15, 0.2) is 28.7 Å². The lowest BCUT2D eigenvalue weighted by Gasteiger charge is -2.19. The van der Waals surface area contributed by atoms with Crippen LogP contribution in [0.4, 0.5) is 0 Å². The molecule has 12 heteroatoms. The molecule has 0 fully saturated rings. The number of esters is 2. The molecule has 53 heavy (non-hydrogen) atoms. The molecule has 1 unspecified atom stereocenters. The molecule has 0 radical (unpaired) electrons. The first-order chi connectivity index (χ1) is 25.5. The number of hydrogen-bond acceptors (Lipinski definition) is 10. The Hall–Kier alpha value is -2.56. The predicted molar refractivity (Wildman–Crippen MR) is 210 cm³/mol. The summed E-state index contributed by atoms with van der Waals surface area (Å²) in [5.74, 6) is 1.37. The van der Waals surface area contributed by atoms with Crippen molar-refractivity contribution in [3.8, 4) is 0 Å². The molecule has 1 aromatic heterocycles. The van der Waals surface area contributed by atoms with E-state index >= 15 is 0 Å². The molecule has 11 nitrogen and oxygen atoms in total. The fourth-order valence-corrected chi connectivity index (χ4v) is 6.49. The molecule has 0 spiro atoms. The first-order valence-electron chi connectivity index (χ1n) is 20.1. The van der Waals surface area contributed by atoms with Gasteiger partial charge in [-0.2, -0.15) is 0 Å². The van der Waals surface area contributed by atoms with Gasteiger partial charge in [0.2, 0.25) is 0 Å². The zero-order valence-electron chi connectivity index (χ0n) is 33.2. The second kappa shape index (κ2) is 30.7. The van der Waals surface area contributed by atoms with Crippen molar-refractivity contribution in [2.45, 2.75) is 169 Å². The van der Waals surface area contributed by atoms with Crippen molar-refractivity contribution in [3.05, 3.63) is 47.0 Å². The number of nitrogens with two attached hydrogens (primary N) is 1. The number of allylic oxidation sites excluding steroid dienone is 4. The molecular formula is C41H70NO10P. The Kier molecular flexibility index (Phi) is 28.1. The number of ether oxygens (including phenoxy) is 2. The Balaban J connectivity index is 2.33. The zero-order chi connectivity index (χ0) is 39.2. The summed E-state index contributed by atoms with van der Waals surface area (Å²) < 4.78 is 38.8. The van der Waals surface area contributed by atoms with Gasteiger partial charge in [0.15, 0.2) is 11.9 Å². The summed E-state index contributed by atoms with van der Waals surface area (Å²) in [6.45, 7) is 7.67. The van der Waals surface area contributed by atoms with Crippen molar-refractivity contribution >= 4 is 25.5 Å². The molecule has 0 aliphatic heterocycles. The lowest BCUT2D eigenvalue weighted by Crippen LogP contribution is -2.29. The third kappa shape index (κ3) is 25.2. The van der Waals surface area contributed by atoms with Crippen molar-refractivity contribution in [1.82, 2.24) is 0 Å². The van der Waals surface area contributed by atoms with Gasteiger partial charge in [-0.3, -0.25) is 23.4 Å². The topological polar surface area (TPSA) is 165 Å². The van der Waals surface area contributed by atoms with E-state index in [1.807, 2.05) is 12.2 Å². The molecule has 1 aromatic rings. The highest BCUT2D eigenvalue weighted by Crippen LogP contribution is 2.43. The Morgan fingerprint density at radius 2 is 1.34 bits per heavy atom. The maximum atomic E-state index is 12.6. The van der Waals surface area contributed by atoms with Crippen LogP contribution in [0.2, 0.25) is 0 Å². The Bertz CT molecular complexity index is 1260. The molecule has 0 saturated heterocycles. The number of carbonyl (C=O) groups excluding carboxylic acids is 3. The van der Waals surface area contributed by atoms with Gasteiger partial charge < -0.3 is 24.5 Å². The number of hydrogen-bond donors (Lipinski definition) is 2. The van der Waals surface area contributed by atoms with Crippen molar-refractivity contribution < 1.29 is 46.8 Å². The molecule has 304 valence electrons. The zero-order valence-corrected chi connectivity index (χ0v) is 34.1. The van der Waals surface area contributed by atoms with Gasteiger partial charge in [-0.25, -0.2) is 4.57 Å². The first kappa shape index (κ1) is 48.5. The normalized spacial score (nSPS) is 13.5. The lowest BCUT2D eigenvalue weighted by molar-refractivity contribution is -0.161. The monoisotopic (exact) mass is 767 g/mol. The van der Waals surface area contributed by atoms with Gasteiger partial charge in [-0.05, 0) is 76.0 Å². The predicted octanol–water partition coefficient (Wildman–Crippen LogP) is 9.66. The molecule has 0 amide bonds. The second-order valence-electron chi connectivity index (χ2n) is 13.8. The van der Waals surface area contributed by atoms with Gasteiger partial charge in [0, 0.05) is 38.6 Å². The van der Waals surface area contributed by atoms with Gasteiger partial charge in [0.25, 0.3) is 0 Å². The summed E-state index contributed by atoms with van der Waals surface area (Å²) in [4.78, 5) is 46.9. The average molecular weight is 768 g/mol. The number of unbranched alkanes of at least 4 members (excludes halogenated alkanes) is 12. The number of rotatable bonds is 34. The quantitative estimate of drug-likeness (QED) is 0.0226. The van der Waals surface area contributed by atoms with E-state index in [0.29, 0.717) is 19.3 Å². The van der Waals surface area contributed by atoms with Crippen LogP contribution >= 0.6 is 7.82 Å². The third-order valence-corrected chi connectivity index (χ3v) is 9.97. The van der Waals surface area contributed by atoms with E-state index in [1.54, 1.807) is 6.08 Å². The van der Waals surface area contributed by atoms with Crippen LogP contribution in [0.25, 0.3) is 0 Å². The van der Waals surface area contributed by atoms with E-state index in [2.05, 4.69) is 33.8 Å². The number of phosphoric acid groups is 1. The fraction of sp³-hybridized carbons (Fsp3) is 0.732. The van der Waals surface area contributed by atoms with Crippen molar-refractivity contribution in [1.29, 1.82) is 0 Å². The summed E-state index contributed by atoms with van der Waals surface area (Å²) in [6, 6.07) is 0. The fourth-order valence-electron chi connectivity index (χ4n) is 5.72. The third-order valence-electron chi connectivity index (χ3n) is 8.99. The van der Waals surface area contributed by atoms with E-state index < -0.39 is 32.5 Å². The molecule has 1 rings (SSSR count). The van der Waals surface area contributed by atoms with Gasteiger partial charge in [-0.1, -0.05) is 89.9 Å². The van der Waals surface area contributed by atoms with Crippen LogP contribution in [0.5, 0.6) is 0 Å². The van der Waals surface area contributed by atoms with Gasteiger partial charge >= 0.3 is 19.8 Å². The van der Waals surface area contributed by atoms with Gasteiger partial charge in [0.1, 0.15) is 18.1 Å². The number of ketones is 1. The van der Waals surface area contributed by atoms with Crippen LogP contribution in [-0.2, 0) is 50.3 Å². The lowest BCUT2D eigenvalue weighted by atomic mass is 10.0. The van der Waals surface area contributed by atoms with E-state index in [-0.39, 0.29) is 38.4 Å². The number of aryl methyl sites for hydroxylation is 2. The van der Waals surface area contributed by atoms with Crippen LogP contribution < -0.4 is 5.73 Å². The van der Waals surface area contributed by atoms with E-state index in [4.69, 9.17) is 28.7 Å². The average Bonchev–Trinajstić information content (AvgIpc) is 3.39. The number of furan rings is 1. The minimum absolute atomic E-state index is 0.0275. The minimum Gasteiger partial charge on any atom is -0.466 e. The maximum Gasteiger partial charge on any atom is 0.472 e. The molecule has 0 saturated carbocycles. The standard InChI is InChI=1S/C41H70NO10P/c1-5-7-8-9-10-14-19-25-36(43)26-20-15-13-18-22-28-40(44)48-32-37(33-50-53(46,47)49-31-30-42)51-41(45)29-23-17-12-11-16-21-27-39-35(4)34(3)38(52-39)24-6-2/h10,14,19,25,37H,5-9,11-13,15-18,20-24,26-33,42H2,1-4H3,(H,46,47)/b14-10-,25-19+/t37-/m1/s1. The summed E-state index contributed by atoms with van der Waals surface area (Å²) in [5, 5.41) is 0. The smallest absolute Gasteiger partial charge is 0.466 e. The summed E-state index contributed by atoms with van der Waals surface area (Å²) in [7, 11) is -4.42. The largest absolute Gasteiger partial charge is 0.472 e.